The van der Waals surface area contributed by atoms with E-state index in [1.54, 1.807) is 7.11 Å². The largest absolute Gasteiger partial charge is 0.420 e. The number of aliphatic hydroxyl groups excluding tert-OH is 3. The third-order valence-corrected chi connectivity index (χ3v) is 13.6. The van der Waals surface area contributed by atoms with Crippen LogP contribution in [0, 0.1) is 17.8 Å². The van der Waals surface area contributed by atoms with E-state index >= 15 is 0 Å². The second kappa shape index (κ2) is 15.8. The van der Waals surface area contributed by atoms with Crippen molar-refractivity contribution in [3.8, 4) is 0 Å². The molecule has 0 spiro atoms. The molecule has 3 heterocycles. The predicted octanol–water partition coefficient (Wildman–Crippen LogP) is 0.0211. The fourth-order valence-corrected chi connectivity index (χ4v) is 10.5. The molecule has 0 aromatic rings. The number of hydrogen-bond acceptors (Lipinski definition) is 10. The van der Waals surface area contributed by atoms with Gasteiger partial charge < -0.3 is 19.7 Å². The Morgan fingerprint density at radius 2 is 0.881 bits per heavy atom. The Labute approximate surface area is 247 Å². The summed E-state index contributed by atoms with van der Waals surface area (Å²) >= 11 is 0. The number of carbonyl (C=O) groups excluding carboxylic acids is 6. The van der Waals surface area contributed by atoms with E-state index in [1.807, 2.05) is 0 Å². The van der Waals surface area contributed by atoms with Gasteiger partial charge in [-0.05, 0) is 37.4 Å². The molecule has 0 aromatic heterocycles. The Hall–Kier alpha value is -2.52. The molecular formula is C28H45N3O10Si. The number of amides is 6. The van der Waals surface area contributed by atoms with Crippen molar-refractivity contribution < 1.29 is 48.5 Å². The summed E-state index contributed by atoms with van der Waals surface area (Å²) in [7, 11) is -0.782. The molecule has 13 nitrogen and oxygen atoms in total. The Morgan fingerprint density at radius 3 is 1.12 bits per heavy atom. The lowest BCUT2D eigenvalue weighted by atomic mass is 10.0. The molecule has 3 aliphatic rings. The summed E-state index contributed by atoms with van der Waals surface area (Å²) in [6, 6.07) is 2.14. The Morgan fingerprint density at radius 1 is 0.595 bits per heavy atom. The predicted molar refractivity (Wildman–Crippen MR) is 151 cm³/mol. The summed E-state index contributed by atoms with van der Waals surface area (Å²) < 4.78 is 6.21. The van der Waals surface area contributed by atoms with Crippen LogP contribution in [0.4, 0.5) is 0 Å². The van der Waals surface area contributed by atoms with Gasteiger partial charge in [-0.25, -0.2) is 0 Å². The highest BCUT2D eigenvalue weighted by atomic mass is 28.4. The molecule has 3 rings (SSSR count). The van der Waals surface area contributed by atoms with Gasteiger partial charge in [-0.2, -0.15) is 0 Å². The smallest absolute Gasteiger partial charge is 0.232 e. The number of carbonyl (C=O) groups is 6. The molecular weight excluding hydrogens is 566 g/mol. The van der Waals surface area contributed by atoms with Crippen LogP contribution in [0.5, 0.6) is 0 Å². The monoisotopic (exact) mass is 611 g/mol. The summed E-state index contributed by atoms with van der Waals surface area (Å²) in [5, 5.41) is 27.5. The van der Waals surface area contributed by atoms with Crippen LogP contribution in [0.1, 0.15) is 57.8 Å². The van der Waals surface area contributed by atoms with E-state index in [1.165, 1.54) is 0 Å². The minimum absolute atomic E-state index is 0.00116. The molecule has 3 aliphatic heterocycles. The molecule has 0 radical (unpaired) electrons. The van der Waals surface area contributed by atoms with Crippen LogP contribution < -0.4 is 0 Å². The highest BCUT2D eigenvalue weighted by Gasteiger charge is 2.42. The molecule has 14 heteroatoms. The van der Waals surface area contributed by atoms with Crippen molar-refractivity contribution in [2.24, 2.45) is 17.8 Å². The Kier molecular flexibility index (Phi) is 12.8. The van der Waals surface area contributed by atoms with E-state index in [0.29, 0.717) is 56.7 Å². The molecule has 3 unspecified atom stereocenters. The van der Waals surface area contributed by atoms with Gasteiger partial charge in [0.1, 0.15) is 0 Å². The first-order valence-corrected chi connectivity index (χ1v) is 17.5. The van der Waals surface area contributed by atoms with E-state index in [2.05, 4.69) is 0 Å². The van der Waals surface area contributed by atoms with Crippen LogP contribution in [0.2, 0.25) is 18.1 Å². The Bertz CT molecular complexity index is 902. The van der Waals surface area contributed by atoms with E-state index in [9.17, 15) is 28.8 Å². The minimum atomic E-state index is -2.45. The highest BCUT2D eigenvalue weighted by Crippen LogP contribution is 2.35. The fraction of sp³-hybridized carbons (Fsp3) is 0.786. The zero-order valence-corrected chi connectivity index (χ0v) is 25.5. The number of aliphatic hydroxyl groups is 3. The molecule has 42 heavy (non-hydrogen) atoms. The van der Waals surface area contributed by atoms with E-state index in [0.717, 1.165) is 14.7 Å². The van der Waals surface area contributed by atoms with Gasteiger partial charge in [-0.3, -0.25) is 43.5 Å². The van der Waals surface area contributed by atoms with Crippen LogP contribution in [-0.2, 0) is 33.2 Å². The SMILES string of the molecule is CO[Si](CCCC1CC(=O)N(CCO)C1=O)(CCCC1CC(=O)N(CCO)C1=O)CCCC1CC(=O)N(CCO)C1=O. The number of imide groups is 3. The average Bonchev–Trinajstić information content (AvgIpc) is 3.50. The van der Waals surface area contributed by atoms with Crippen LogP contribution in [-0.4, -0.2) is 120 Å². The summed E-state index contributed by atoms with van der Waals surface area (Å²) in [4.78, 5) is 77.9. The molecule has 3 saturated heterocycles. The number of likely N-dealkylation sites (tertiary alicyclic amines) is 3. The van der Waals surface area contributed by atoms with Crippen LogP contribution in [0.3, 0.4) is 0 Å². The summed E-state index contributed by atoms with van der Waals surface area (Å²) in [6.07, 6.45) is 3.92. The van der Waals surface area contributed by atoms with Crippen molar-refractivity contribution in [1.29, 1.82) is 0 Å². The molecule has 3 fully saturated rings. The molecule has 236 valence electrons. The van der Waals surface area contributed by atoms with Crippen molar-refractivity contribution in [3.05, 3.63) is 0 Å². The van der Waals surface area contributed by atoms with Gasteiger partial charge in [0.2, 0.25) is 35.4 Å². The first kappa shape index (κ1) is 34.0. The zero-order valence-electron chi connectivity index (χ0n) is 24.5. The minimum Gasteiger partial charge on any atom is -0.420 e. The lowest BCUT2D eigenvalue weighted by Gasteiger charge is -2.31. The number of β-amino-alcohol motifs (C(OH)–C–C–N with tert-alkyl or cyclic N) is 3. The topological polar surface area (TPSA) is 182 Å². The van der Waals surface area contributed by atoms with Gasteiger partial charge in [-0.15, -0.1) is 0 Å². The van der Waals surface area contributed by atoms with Gasteiger partial charge >= 0.3 is 0 Å². The summed E-state index contributed by atoms with van der Waals surface area (Å²) in [5.41, 5.74) is 0. The van der Waals surface area contributed by atoms with Crippen LogP contribution in [0.15, 0.2) is 0 Å². The summed E-state index contributed by atoms with van der Waals surface area (Å²) in [6.45, 7) is -0.819. The zero-order chi connectivity index (χ0) is 30.9. The molecule has 0 aliphatic carbocycles. The Balaban J connectivity index is 1.61. The molecule has 0 aromatic carbocycles. The second-order valence-corrected chi connectivity index (χ2v) is 15.9. The molecule has 3 N–H and O–H groups in total. The van der Waals surface area contributed by atoms with Crippen molar-refractivity contribution >= 4 is 43.8 Å². The number of hydrogen-bond donors (Lipinski definition) is 3. The van der Waals surface area contributed by atoms with Crippen molar-refractivity contribution in [2.45, 2.75) is 75.9 Å². The molecule has 0 bridgehead atoms. The van der Waals surface area contributed by atoms with Crippen LogP contribution in [0.25, 0.3) is 0 Å². The lowest BCUT2D eigenvalue weighted by molar-refractivity contribution is -0.141. The van der Waals surface area contributed by atoms with Crippen molar-refractivity contribution in [2.75, 3.05) is 46.6 Å². The second-order valence-electron chi connectivity index (χ2n) is 11.6. The van der Waals surface area contributed by atoms with Gasteiger partial charge in [0.25, 0.3) is 0 Å². The van der Waals surface area contributed by atoms with Gasteiger partial charge in [-0.1, -0.05) is 19.3 Å². The normalized spacial score (nSPS) is 24.6. The average molecular weight is 612 g/mol. The third kappa shape index (κ3) is 8.10. The standard InChI is InChI=1S/C28H45N3O10Si/c1-41-42(14-2-5-20-17-23(35)29(8-11-32)26(20)38,15-3-6-21-18-24(36)30(9-12-33)27(21)39)16-4-7-22-19-25(37)31(10-13-34)28(22)40/h20-22,32-34H,2-19H2,1H3. The molecule has 3 atom stereocenters. The third-order valence-electron chi connectivity index (χ3n) is 8.97. The van der Waals surface area contributed by atoms with Crippen molar-refractivity contribution in [1.82, 2.24) is 14.7 Å². The number of nitrogens with zero attached hydrogens (tertiary/aromatic N) is 3. The molecule has 6 amide bonds. The first-order valence-electron chi connectivity index (χ1n) is 15.0. The quantitative estimate of drug-likeness (QED) is 0.133. The van der Waals surface area contributed by atoms with Crippen molar-refractivity contribution in [3.63, 3.8) is 0 Å². The van der Waals surface area contributed by atoms with E-state index in [-0.39, 0.29) is 94.2 Å². The van der Waals surface area contributed by atoms with Crippen LogP contribution >= 0.6 is 0 Å². The lowest BCUT2D eigenvalue weighted by Crippen LogP contribution is -2.38. The maximum atomic E-state index is 12.6. The van der Waals surface area contributed by atoms with Gasteiger partial charge in [0.15, 0.2) is 8.32 Å². The fourth-order valence-electron chi connectivity index (χ4n) is 6.63. The molecule has 0 saturated carbocycles. The van der Waals surface area contributed by atoms with E-state index < -0.39 is 26.1 Å². The first-order chi connectivity index (χ1) is 20.1. The maximum Gasteiger partial charge on any atom is 0.232 e. The summed E-state index contributed by atoms with van der Waals surface area (Å²) in [5.74, 6) is -2.86. The van der Waals surface area contributed by atoms with Gasteiger partial charge in [0, 0.05) is 44.1 Å². The maximum absolute atomic E-state index is 12.6. The number of rotatable bonds is 19. The highest BCUT2D eigenvalue weighted by molar-refractivity contribution is 6.73. The van der Waals surface area contributed by atoms with E-state index in [4.69, 9.17) is 19.7 Å². The van der Waals surface area contributed by atoms with Gasteiger partial charge in [0.05, 0.1) is 39.5 Å².